The van der Waals surface area contributed by atoms with Gasteiger partial charge in [-0.3, -0.25) is 23.9 Å². The van der Waals surface area contributed by atoms with E-state index in [9.17, 15) is 19.2 Å². The minimum atomic E-state index is -0.942. The minimum absolute atomic E-state index is 0.0626. The molecule has 2 aromatic rings. The molecule has 1 aromatic heterocycles. The maximum Gasteiger partial charge on any atom is 0.273 e. The van der Waals surface area contributed by atoms with Crippen molar-refractivity contribution in [1.82, 2.24) is 25.7 Å². The van der Waals surface area contributed by atoms with Crippen LogP contribution in [0.15, 0.2) is 24.3 Å². The summed E-state index contributed by atoms with van der Waals surface area (Å²) in [6.45, 7) is 10.6. The molecule has 0 radical (unpaired) electrons. The number of carbonyl (C=O) groups is 4. The molecule has 0 aliphatic heterocycles. The third-order valence-electron chi connectivity index (χ3n) is 4.52. The second-order valence-electron chi connectivity index (χ2n) is 9.78. The minimum Gasteiger partial charge on any atom is -0.368 e. The molecule has 5 N–H and O–H groups in total. The highest BCUT2D eigenvalue weighted by Crippen LogP contribution is 2.22. The lowest BCUT2D eigenvalue weighted by Gasteiger charge is -2.30. The molecule has 1 atom stereocenters. The Kier molecular flexibility index (Phi) is 7.27. The van der Waals surface area contributed by atoms with Crippen LogP contribution in [0.3, 0.4) is 0 Å². The van der Waals surface area contributed by atoms with Gasteiger partial charge in [0.2, 0.25) is 17.7 Å². The van der Waals surface area contributed by atoms with Gasteiger partial charge in [0.15, 0.2) is 5.69 Å². The number of nitrogens with zero attached hydrogens (tertiary/aromatic N) is 2. The van der Waals surface area contributed by atoms with Gasteiger partial charge in [-0.05, 0) is 32.3 Å². The van der Waals surface area contributed by atoms with Gasteiger partial charge >= 0.3 is 0 Å². The van der Waals surface area contributed by atoms with Crippen molar-refractivity contribution in [2.45, 2.75) is 59.7 Å². The molecule has 0 fully saturated rings. The van der Waals surface area contributed by atoms with Crippen LogP contribution in [0, 0.1) is 5.41 Å². The number of carbonyl (C=O) groups excluding carboxylic acids is 4. The molecular formula is C22H32N6O4. The summed E-state index contributed by atoms with van der Waals surface area (Å²) in [5.74, 6) is -2.02. The van der Waals surface area contributed by atoms with Gasteiger partial charge in [0, 0.05) is 10.9 Å². The second-order valence-corrected chi connectivity index (χ2v) is 9.78. The Morgan fingerprint density at radius 1 is 1.06 bits per heavy atom. The van der Waals surface area contributed by atoms with Crippen molar-refractivity contribution in [2.75, 3.05) is 6.54 Å². The fourth-order valence-corrected chi connectivity index (χ4v) is 3.16. The Hall–Kier alpha value is -3.43. The van der Waals surface area contributed by atoms with E-state index in [4.69, 9.17) is 5.73 Å². The highest BCUT2D eigenvalue weighted by atomic mass is 16.2. The Balaban J connectivity index is 2.33. The average molecular weight is 445 g/mol. The van der Waals surface area contributed by atoms with Gasteiger partial charge < -0.3 is 21.7 Å². The predicted octanol–water partition coefficient (Wildman–Crippen LogP) is 0.697. The summed E-state index contributed by atoms with van der Waals surface area (Å²) in [6, 6.07) is 6.11. The van der Waals surface area contributed by atoms with E-state index in [0.717, 1.165) is 0 Å². The van der Waals surface area contributed by atoms with Crippen LogP contribution in [0.5, 0.6) is 0 Å². The van der Waals surface area contributed by atoms with Crippen LogP contribution >= 0.6 is 0 Å². The van der Waals surface area contributed by atoms with E-state index in [2.05, 4.69) is 21.0 Å². The molecule has 10 heteroatoms. The normalized spacial score (nSPS) is 12.8. The largest absolute Gasteiger partial charge is 0.368 e. The quantitative estimate of drug-likeness (QED) is 0.496. The summed E-state index contributed by atoms with van der Waals surface area (Å²) in [4.78, 5) is 49.2. The summed E-state index contributed by atoms with van der Waals surface area (Å²) in [5.41, 5.74) is 4.76. The van der Waals surface area contributed by atoms with E-state index in [1.165, 1.54) is 4.68 Å². The number of hydrogen-bond acceptors (Lipinski definition) is 5. The molecule has 10 nitrogen and oxygen atoms in total. The van der Waals surface area contributed by atoms with Gasteiger partial charge in [-0.1, -0.05) is 39.0 Å². The van der Waals surface area contributed by atoms with Crippen molar-refractivity contribution in [2.24, 2.45) is 11.1 Å². The molecule has 1 heterocycles. The molecule has 0 bridgehead atoms. The van der Waals surface area contributed by atoms with Crippen LogP contribution in [0.2, 0.25) is 0 Å². The Morgan fingerprint density at radius 2 is 1.69 bits per heavy atom. The van der Waals surface area contributed by atoms with Gasteiger partial charge in [0.1, 0.15) is 12.6 Å². The van der Waals surface area contributed by atoms with Crippen LogP contribution in [0.25, 0.3) is 10.9 Å². The first kappa shape index (κ1) is 24.8. The van der Waals surface area contributed by atoms with E-state index < -0.39 is 34.7 Å². The fourth-order valence-electron chi connectivity index (χ4n) is 3.16. The molecule has 4 amide bonds. The lowest BCUT2D eigenvalue weighted by Crippen LogP contribution is -2.54. The van der Waals surface area contributed by atoms with Crippen molar-refractivity contribution in [3.8, 4) is 0 Å². The first-order chi connectivity index (χ1) is 14.7. The molecule has 2 rings (SSSR count). The average Bonchev–Trinajstić information content (AvgIpc) is 3.00. The van der Waals surface area contributed by atoms with E-state index in [-0.39, 0.29) is 24.7 Å². The number of nitrogens with one attached hydrogen (secondary N) is 3. The monoisotopic (exact) mass is 444 g/mol. The van der Waals surface area contributed by atoms with Gasteiger partial charge in [-0.2, -0.15) is 5.10 Å². The number of rotatable bonds is 7. The van der Waals surface area contributed by atoms with Crippen LogP contribution in [-0.4, -0.2) is 51.5 Å². The summed E-state index contributed by atoms with van der Waals surface area (Å²) in [5, 5.41) is 12.9. The third-order valence-corrected chi connectivity index (χ3v) is 4.52. The molecule has 0 saturated carbocycles. The first-order valence-corrected chi connectivity index (χ1v) is 10.3. The zero-order valence-corrected chi connectivity index (χ0v) is 19.4. The lowest BCUT2D eigenvalue weighted by molar-refractivity contribution is -0.128. The Bertz CT molecular complexity index is 1030. The zero-order valence-electron chi connectivity index (χ0n) is 19.4. The van der Waals surface area contributed by atoms with Gasteiger partial charge in [0.05, 0.1) is 12.1 Å². The number of primary amides is 1. The number of benzene rings is 1. The molecule has 0 saturated heterocycles. The van der Waals surface area contributed by atoms with E-state index >= 15 is 0 Å². The number of hydrogen-bond donors (Lipinski definition) is 4. The predicted molar refractivity (Wildman–Crippen MR) is 121 cm³/mol. The SMILES string of the molecule is CC(C)(C)NC(=O)Cn1nc(C(=O)N[C@H](C(=O)NCC(N)=O)C(C)(C)C)c2ccccc21. The smallest absolute Gasteiger partial charge is 0.273 e. The Morgan fingerprint density at radius 3 is 2.25 bits per heavy atom. The molecule has 0 spiro atoms. The molecule has 174 valence electrons. The molecular weight excluding hydrogens is 412 g/mol. The maximum atomic E-state index is 13.1. The number of amides is 4. The van der Waals surface area contributed by atoms with Crippen LogP contribution < -0.4 is 21.7 Å². The summed E-state index contributed by atoms with van der Waals surface area (Å²) >= 11 is 0. The summed E-state index contributed by atoms with van der Waals surface area (Å²) < 4.78 is 1.46. The maximum absolute atomic E-state index is 13.1. The Labute approximate surface area is 187 Å². The topological polar surface area (TPSA) is 148 Å². The van der Waals surface area contributed by atoms with Crippen molar-refractivity contribution in [3.05, 3.63) is 30.0 Å². The van der Waals surface area contributed by atoms with E-state index in [1.807, 2.05) is 20.8 Å². The molecule has 32 heavy (non-hydrogen) atoms. The van der Waals surface area contributed by atoms with E-state index in [1.54, 1.807) is 45.0 Å². The van der Waals surface area contributed by atoms with Gasteiger partial charge in [-0.25, -0.2) is 0 Å². The first-order valence-electron chi connectivity index (χ1n) is 10.3. The van der Waals surface area contributed by atoms with Crippen LogP contribution in [0.1, 0.15) is 52.0 Å². The van der Waals surface area contributed by atoms with Crippen LogP contribution in [-0.2, 0) is 20.9 Å². The number of fused-ring (bicyclic) bond motifs is 1. The third kappa shape index (κ3) is 6.53. The van der Waals surface area contributed by atoms with Crippen molar-refractivity contribution >= 4 is 34.5 Å². The fraction of sp³-hybridized carbons (Fsp3) is 0.500. The zero-order chi connectivity index (χ0) is 24.3. The van der Waals surface area contributed by atoms with Crippen molar-refractivity contribution < 1.29 is 19.2 Å². The summed E-state index contributed by atoms with van der Waals surface area (Å²) in [7, 11) is 0. The summed E-state index contributed by atoms with van der Waals surface area (Å²) in [6.07, 6.45) is 0. The van der Waals surface area contributed by atoms with Gasteiger partial charge in [-0.15, -0.1) is 0 Å². The number of para-hydroxylation sites is 1. The standard InChI is InChI=1S/C22H32N6O4/c1-21(2,3)18(20(32)24-11-15(23)29)25-19(31)17-13-9-7-8-10-14(13)28(27-17)12-16(30)26-22(4,5)6/h7-10,18H,11-12H2,1-6H3,(H2,23,29)(H,24,32)(H,25,31)(H,26,30)/t18-/m1/s1. The number of aromatic nitrogens is 2. The van der Waals surface area contributed by atoms with Crippen molar-refractivity contribution in [3.63, 3.8) is 0 Å². The molecule has 0 unspecified atom stereocenters. The van der Waals surface area contributed by atoms with E-state index in [0.29, 0.717) is 10.9 Å². The highest BCUT2D eigenvalue weighted by Gasteiger charge is 2.34. The molecule has 0 aliphatic rings. The van der Waals surface area contributed by atoms with Crippen LogP contribution in [0.4, 0.5) is 0 Å². The highest BCUT2D eigenvalue weighted by molar-refractivity contribution is 6.06. The second kappa shape index (κ2) is 9.37. The molecule has 0 aliphatic carbocycles. The van der Waals surface area contributed by atoms with Gasteiger partial charge in [0.25, 0.3) is 5.91 Å². The number of nitrogens with two attached hydrogens (primary N) is 1. The molecule has 1 aromatic carbocycles. The lowest BCUT2D eigenvalue weighted by atomic mass is 9.86. The van der Waals surface area contributed by atoms with Crippen molar-refractivity contribution in [1.29, 1.82) is 0 Å².